The van der Waals surface area contributed by atoms with Crippen LogP contribution in [0.25, 0.3) is 0 Å². The second-order valence-electron chi connectivity index (χ2n) is 1.50. The first kappa shape index (κ1) is 7.73. The Kier molecular flexibility index (Phi) is 7.43. The second-order valence-corrected chi connectivity index (χ2v) is 2.38. The highest BCUT2D eigenvalue weighted by Gasteiger charge is 1.81. The van der Waals surface area contributed by atoms with Gasteiger partial charge in [0.25, 0.3) is 0 Å². The van der Waals surface area contributed by atoms with E-state index < -0.39 is 0 Å². The van der Waals surface area contributed by atoms with E-state index in [0.29, 0.717) is 0 Å². The van der Waals surface area contributed by atoms with Crippen molar-refractivity contribution in [2.75, 3.05) is 0 Å². The minimum atomic E-state index is 1.09. The molecule has 0 fully saturated rings. The van der Waals surface area contributed by atoms with Crippen LogP contribution in [-0.2, 0) is 0 Å². The van der Waals surface area contributed by atoms with E-state index in [2.05, 4.69) is 33.9 Å². The van der Waals surface area contributed by atoms with Gasteiger partial charge in [-0.3, -0.25) is 0 Å². The van der Waals surface area contributed by atoms with Crippen molar-refractivity contribution >= 4 is 22.6 Å². The molecule has 0 atom stereocenters. The van der Waals surface area contributed by atoms with E-state index in [1.165, 1.54) is 19.3 Å². The molecule has 0 aromatic heterocycles. The van der Waals surface area contributed by atoms with Crippen molar-refractivity contribution in [3.05, 3.63) is 11.4 Å². The molecule has 0 rings (SSSR count). The first-order valence-corrected chi connectivity index (χ1v) is 3.87. The highest BCUT2D eigenvalue weighted by molar-refractivity contribution is 14.1. The van der Waals surface area contributed by atoms with Crippen LogP contribution in [0.2, 0.25) is 0 Å². The fraction of sp³-hybridized carbons (Fsp3) is 0.667. The molecule has 0 N–H and O–H groups in total. The fourth-order valence-corrected chi connectivity index (χ4v) is 0.839. The van der Waals surface area contributed by atoms with E-state index in [1.807, 2.05) is 0 Å². The highest BCUT2D eigenvalue weighted by atomic mass is 127. The van der Waals surface area contributed by atoms with Gasteiger partial charge in [-0.25, -0.2) is 0 Å². The maximum absolute atomic E-state index is 3.74. The molecule has 0 saturated heterocycles. The van der Waals surface area contributed by atoms with Crippen LogP contribution in [0.15, 0.2) is 0 Å². The van der Waals surface area contributed by atoms with Crippen LogP contribution in [-0.4, -0.2) is 0 Å². The smallest absolute Gasteiger partial charge is 0.0227 e. The van der Waals surface area contributed by atoms with E-state index in [1.54, 1.807) is 0 Å². The molecule has 0 aromatic carbocycles. The van der Waals surface area contributed by atoms with Gasteiger partial charge >= 0.3 is 0 Å². The van der Waals surface area contributed by atoms with Crippen LogP contribution < -0.4 is 0 Å². The third-order valence-corrected chi connectivity index (χ3v) is 1.44. The second kappa shape index (κ2) is 6.73. The summed E-state index contributed by atoms with van der Waals surface area (Å²) in [6, 6.07) is 0. The Hall–Kier alpha value is 0.730. The molecule has 0 saturated carbocycles. The molecule has 2 radical (unpaired) electrons. The molecule has 0 aliphatic rings. The highest BCUT2D eigenvalue weighted by Crippen LogP contribution is 2.04. The lowest BCUT2D eigenvalue weighted by molar-refractivity contribution is 0.757. The number of unbranched alkanes of at least 4 members (excludes halogenated alkanes) is 3. The van der Waals surface area contributed by atoms with E-state index in [0.717, 1.165) is 6.42 Å². The molecule has 0 heterocycles. The van der Waals surface area contributed by atoms with Crippen LogP contribution in [0.1, 0.15) is 25.7 Å². The molecule has 0 spiro atoms. The van der Waals surface area contributed by atoms with Gasteiger partial charge in [-0.15, -0.1) is 0 Å². The molecule has 1 heteroatoms. The molecular weight excluding hydrogens is 199 g/mol. The number of hydrogen-bond acceptors (Lipinski definition) is 0. The third-order valence-electron chi connectivity index (χ3n) is 0.813. The van der Waals surface area contributed by atoms with Crippen molar-refractivity contribution in [2.45, 2.75) is 25.7 Å². The predicted molar refractivity (Wildman–Crippen MR) is 42.1 cm³/mol. The van der Waals surface area contributed by atoms with Crippen molar-refractivity contribution in [2.24, 2.45) is 0 Å². The van der Waals surface area contributed by atoms with Gasteiger partial charge in [-0.1, -0.05) is 48.8 Å². The van der Waals surface area contributed by atoms with E-state index in [9.17, 15) is 0 Å². The van der Waals surface area contributed by atoms with Crippen LogP contribution in [0.5, 0.6) is 0 Å². The minimum Gasteiger partial charge on any atom is -0.0815 e. The maximum atomic E-state index is 3.74. The van der Waals surface area contributed by atoms with Crippen molar-refractivity contribution in [3.8, 4) is 0 Å². The van der Waals surface area contributed by atoms with Gasteiger partial charge in [0.15, 0.2) is 0 Å². The first-order valence-electron chi connectivity index (χ1n) is 2.63. The summed E-state index contributed by atoms with van der Waals surface area (Å²) in [5, 5.41) is 0. The lowest BCUT2D eigenvalue weighted by atomic mass is 10.2. The molecule has 42 valence electrons. The van der Waals surface area contributed by atoms with E-state index >= 15 is 0 Å². The van der Waals surface area contributed by atoms with Crippen molar-refractivity contribution in [1.29, 1.82) is 0 Å². The van der Waals surface area contributed by atoms with Gasteiger partial charge in [0.05, 0.1) is 0 Å². The number of hydrogen-bond donors (Lipinski definition) is 0. The van der Waals surface area contributed by atoms with Crippen LogP contribution >= 0.6 is 22.6 Å². The van der Waals surface area contributed by atoms with Gasteiger partial charge in [0, 0.05) is 4.43 Å². The summed E-state index contributed by atoms with van der Waals surface area (Å²) in [6.45, 7) is 3.74. The molecular formula is C6H11I. The predicted octanol–water partition coefficient (Wildman–Crippen LogP) is 2.98. The maximum Gasteiger partial charge on any atom is 0.0227 e. The van der Waals surface area contributed by atoms with Gasteiger partial charge in [-0.2, -0.15) is 0 Å². The average Bonchev–Trinajstić information content (AvgIpc) is 1.69. The van der Waals surface area contributed by atoms with Crippen molar-refractivity contribution in [3.63, 3.8) is 0 Å². The fourth-order valence-electron chi connectivity index (χ4n) is 0.398. The Morgan fingerprint density at radius 2 is 2.14 bits per heavy atom. The first-order chi connectivity index (χ1) is 3.41. The Balaban J connectivity index is 2.45. The summed E-state index contributed by atoms with van der Waals surface area (Å²) in [6.07, 6.45) is 4.92. The summed E-state index contributed by atoms with van der Waals surface area (Å²) in [5.74, 6) is 0. The molecule has 0 aliphatic carbocycles. The zero-order chi connectivity index (χ0) is 5.54. The topological polar surface area (TPSA) is 0 Å². The van der Waals surface area contributed by atoms with Crippen LogP contribution in [0, 0.1) is 11.4 Å². The van der Waals surface area contributed by atoms with Gasteiger partial charge in [-0.05, 0) is 6.42 Å². The summed E-state index contributed by atoms with van der Waals surface area (Å²) in [5.41, 5.74) is 0. The monoisotopic (exact) mass is 210 g/mol. The van der Waals surface area contributed by atoms with Crippen LogP contribution in [0.3, 0.4) is 0 Å². The average molecular weight is 210 g/mol. The largest absolute Gasteiger partial charge is 0.0815 e. The molecule has 0 bridgehead atoms. The number of halogens is 1. The Labute approximate surface area is 59.8 Å². The van der Waals surface area contributed by atoms with Crippen LogP contribution in [0.4, 0.5) is 0 Å². The molecule has 7 heavy (non-hydrogen) atoms. The third kappa shape index (κ3) is 6.73. The summed E-state index contributed by atoms with van der Waals surface area (Å²) in [4.78, 5) is 0. The van der Waals surface area contributed by atoms with Gasteiger partial charge < -0.3 is 0 Å². The molecule has 0 nitrogen and oxygen atoms in total. The quantitative estimate of drug-likeness (QED) is 0.494. The standard InChI is InChI=1S/C6H11I/c1-2-3-4-5-6-7/h6H,1-5H2. The van der Waals surface area contributed by atoms with E-state index in [4.69, 9.17) is 0 Å². The summed E-state index contributed by atoms with van der Waals surface area (Å²) < 4.78 is 2.17. The zero-order valence-corrected chi connectivity index (χ0v) is 6.65. The van der Waals surface area contributed by atoms with Gasteiger partial charge in [0.1, 0.15) is 0 Å². The Morgan fingerprint density at radius 3 is 2.57 bits per heavy atom. The number of rotatable bonds is 4. The molecule has 0 aromatic rings. The minimum absolute atomic E-state index is 1.09. The Bertz CT molecular complexity index is 23.4. The lowest BCUT2D eigenvalue weighted by Gasteiger charge is -1.89. The molecule has 0 aliphatic heterocycles. The molecule has 0 unspecified atom stereocenters. The normalized spacial score (nSPS) is 9.43. The van der Waals surface area contributed by atoms with E-state index in [-0.39, 0.29) is 0 Å². The molecule has 0 amide bonds. The Morgan fingerprint density at radius 1 is 1.43 bits per heavy atom. The summed E-state index contributed by atoms with van der Waals surface area (Å²) in [7, 11) is 0. The summed E-state index contributed by atoms with van der Waals surface area (Å²) >= 11 is 2.28. The van der Waals surface area contributed by atoms with Crippen molar-refractivity contribution < 1.29 is 0 Å². The van der Waals surface area contributed by atoms with Crippen molar-refractivity contribution in [1.82, 2.24) is 0 Å². The van der Waals surface area contributed by atoms with Gasteiger partial charge in [0.2, 0.25) is 0 Å². The lowest BCUT2D eigenvalue weighted by Crippen LogP contribution is -1.69. The zero-order valence-electron chi connectivity index (χ0n) is 4.49. The SMILES string of the molecule is [CH2]CCCC[CH]I.